The number of methoxy groups -OCH3 is 1. The highest BCUT2D eigenvalue weighted by atomic mass is 16.5. The van der Waals surface area contributed by atoms with Gasteiger partial charge < -0.3 is 4.74 Å². The molecule has 0 spiro atoms. The first-order chi connectivity index (χ1) is 4.82. The first-order valence-corrected chi connectivity index (χ1v) is 4.22. The van der Waals surface area contributed by atoms with E-state index in [4.69, 9.17) is 4.74 Å². The van der Waals surface area contributed by atoms with E-state index in [1.807, 2.05) is 0 Å². The van der Waals surface area contributed by atoms with Crippen LogP contribution in [0, 0.1) is 17.4 Å². The van der Waals surface area contributed by atoms with E-state index in [-0.39, 0.29) is 0 Å². The molecule has 1 unspecified atom stereocenters. The maximum Gasteiger partial charge on any atom is 0.101 e. The molecule has 0 heterocycles. The standard InChI is InChI=1S/C9H15O/c1-3-9(4-5-9)7-6-8(7)10-2/h7H,3-6H2,1-2H3. The maximum absolute atomic E-state index is 5.22. The summed E-state index contributed by atoms with van der Waals surface area (Å²) in [4.78, 5) is 0. The fourth-order valence-electron chi connectivity index (χ4n) is 2.03. The van der Waals surface area contributed by atoms with E-state index in [1.54, 1.807) is 7.11 Å². The van der Waals surface area contributed by atoms with Crippen LogP contribution in [0.1, 0.15) is 32.6 Å². The van der Waals surface area contributed by atoms with Crippen LogP contribution in [0.5, 0.6) is 0 Å². The van der Waals surface area contributed by atoms with Crippen molar-refractivity contribution in [2.45, 2.75) is 32.6 Å². The molecular weight excluding hydrogens is 124 g/mol. The van der Waals surface area contributed by atoms with Crippen LogP contribution in [0.25, 0.3) is 0 Å². The Hall–Kier alpha value is -0.0400. The van der Waals surface area contributed by atoms with E-state index >= 15 is 0 Å². The van der Waals surface area contributed by atoms with Crippen LogP contribution in [0.15, 0.2) is 0 Å². The third kappa shape index (κ3) is 0.800. The van der Waals surface area contributed by atoms with Crippen molar-refractivity contribution in [1.29, 1.82) is 0 Å². The number of rotatable bonds is 3. The van der Waals surface area contributed by atoms with Gasteiger partial charge >= 0.3 is 0 Å². The summed E-state index contributed by atoms with van der Waals surface area (Å²) in [6.07, 6.45) is 6.86. The quantitative estimate of drug-likeness (QED) is 0.583. The Balaban J connectivity index is 1.90. The van der Waals surface area contributed by atoms with E-state index in [9.17, 15) is 0 Å². The van der Waals surface area contributed by atoms with Gasteiger partial charge in [0.15, 0.2) is 0 Å². The van der Waals surface area contributed by atoms with Crippen LogP contribution in [0.2, 0.25) is 0 Å². The predicted molar refractivity (Wildman–Crippen MR) is 40.3 cm³/mol. The van der Waals surface area contributed by atoms with Gasteiger partial charge in [-0.2, -0.15) is 0 Å². The minimum Gasteiger partial charge on any atom is -0.375 e. The molecule has 57 valence electrons. The molecule has 0 aromatic rings. The lowest BCUT2D eigenvalue weighted by Crippen LogP contribution is -2.02. The molecule has 1 nitrogen and oxygen atoms in total. The number of hydrogen-bond acceptors (Lipinski definition) is 1. The third-order valence-electron chi connectivity index (χ3n) is 3.23. The average Bonchev–Trinajstić information content (AvgIpc) is 2.84. The van der Waals surface area contributed by atoms with Crippen molar-refractivity contribution < 1.29 is 4.74 Å². The fraction of sp³-hybridized carbons (Fsp3) is 0.889. The second-order valence-corrected chi connectivity index (χ2v) is 3.64. The Morgan fingerprint density at radius 3 is 2.60 bits per heavy atom. The summed E-state index contributed by atoms with van der Waals surface area (Å²) in [5.74, 6) is 0.850. The smallest absolute Gasteiger partial charge is 0.101 e. The van der Waals surface area contributed by atoms with Gasteiger partial charge in [-0.05, 0) is 30.6 Å². The highest BCUT2D eigenvalue weighted by Crippen LogP contribution is 2.66. The van der Waals surface area contributed by atoms with Gasteiger partial charge in [0.25, 0.3) is 0 Å². The fourth-order valence-corrected chi connectivity index (χ4v) is 2.03. The van der Waals surface area contributed by atoms with Gasteiger partial charge in [-0.1, -0.05) is 13.3 Å². The summed E-state index contributed by atoms with van der Waals surface area (Å²) in [6, 6.07) is 0. The van der Waals surface area contributed by atoms with Crippen LogP contribution in [-0.4, -0.2) is 7.11 Å². The van der Waals surface area contributed by atoms with Crippen molar-refractivity contribution >= 4 is 0 Å². The lowest BCUT2D eigenvalue weighted by Gasteiger charge is -2.09. The zero-order chi connectivity index (χ0) is 7.19. The van der Waals surface area contributed by atoms with Gasteiger partial charge in [-0.25, -0.2) is 0 Å². The van der Waals surface area contributed by atoms with Crippen molar-refractivity contribution in [2.24, 2.45) is 11.3 Å². The van der Waals surface area contributed by atoms with Crippen molar-refractivity contribution in [3.63, 3.8) is 0 Å². The summed E-state index contributed by atoms with van der Waals surface area (Å²) >= 11 is 0. The topological polar surface area (TPSA) is 9.23 Å². The first kappa shape index (κ1) is 6.66. The normalized spacial score (nSPS) is 36.0. The summed E-state index contributed by atoms with van der Waals surface area (Å²) < 4.78 is 5.22. The van der Waals surface area contributed by atoms with E-state index in [2.05, 4.69) is 6.92 Å². The molecule has 0 aliphatic heterocycles. The Bertz CT molecular complexity index is 138. The van der Waals surface area contributed by atoms with Crippen LogP contribution in [0.4, 0.5) is 0 Å². The third-order valence-corrected chi connectivity index (χ3v) is 3.23. The molecule has 1 radical (unpaired) electrons. The monoisotopic (exact) mass is 139 g/mol. The van der Waals surface area contributed by atoms with Crippen molar-refractivity contribution in [3.05, 3.63) is 6.10 Å². The SMILES string of the molecule is CCC1(C2C[C]2OC)CC1. The van der Waals surface area contributed by atoms with Gasteiger partial charge in [-0.15, -0.1) is 0 Å². The summed E-state index contributed by atoms with van der Waals surface area (Å²) in [6.45, 7) is 2.30. The van der Waals surface area contributed by atoms with Crippen molar-refractivity contribution in [3.8, 4) is 0 Å². The molecule has 2 fully saturated rings. The molecule has 0 aromatic heterocycles. The van der Waals surface area contributed by atoms with Crippen LogP contribution in [0.3, 0.4) is 0 Å². The Labute approximate surface area is 62.8 Å². The largest absolute Gasteiger partial charge is 0.375 e. The molecule has 2 rings (SSSR count). The second kappa shape index (κ2) is 1.97. The minimum absolute atomic E-state index is 0.714. The van der Waals surface area contributed by atoms with Crippen LogP contribution < -0.4 is 0 Å². The molecule has 10 heavy (non-hydrogen) atoms. The van der Waals surface area contributed by atoms with Gasteiger partial charge in [0.05, 0.1) is 0 Å². The van der Waals surface area contributed by atoms with Gasteiger partial charge in [0.2, 0.25) is 0 Å². The van der Waals surface area contributed by atoms with Gasteiger partial charge in [0.1, 0.15) is 6.10 Å². The Morgan fingerprint density at radius 1 is 1.60 bits per heavy atom. The highest BCUT2D eigenvalue weighted by Gasteiger charge is 2.59. The molecule has 0 aromatic carbocycles. The predicted octanol–water partition coefficient (Wildman–Crippen LogP) is 2.37. The second-order valence-electron chi connectivity index (χ2n) is 3.64. The molecule has 0 saturated heterocycles. The first-order valence-electron chi connectivity index (χ1n) is 4.22. The average molecular weight is 139 g/mol. The van der Waals surface area contributed by atoms with Crippen LogP contribution >= 0.6 is 0 Å². The summed E-state index contributed by atoms with van der Waals surface area (Å²) in [5.41, 5.74) is 0.714. The zero-order valence-electron chi connectivity index (χ0n) is 6.81. The molecule has 2 aliphatic carbocycles. The van der Waals surface area contributed by atoms with Crippen molar-refractivity contribution in [2.75, 3.05) is 7.11 Å². The molecule has 2 aliphatic rings. The summed E-state index contributed by atoms with van der Waals surface area (Å²) in [5, 5.41) is 0. The Kier molecular flexibility index (Phi) is 1.31. The van der Waals surface area contributed by atoms with Gasteiger partial charge in [0, 0.05) is 7.11 Å². The number of hydrogen-bond donors (Lipinski definition) is 0. The molecule has 0 bridgehead atoms. The molecule has 1 atom stereocenters. The van der Waals surface area contributed by atoms with E-state index in [0.29, 0.717) is 5.41 Å². The number of ether oxygens (including phenoxy) is 1. The molecular formula is C9H15O. The zero-order valence-corrected chi connectivity index (χ0v) is 6.81. The summed E-state index contributed by atoms with van der Waals surface area (Å²) in [7, 11) is 1.81. The Morgan fingerprint density at radius 2 is 2.30 bits per heavy atom. The van der Waals surface area contributed by atoms with Crippen molar-refractivity contribution in [1.82, 2.24) is 0 Å². The molecule has 0 amide bonds. The van der Waals surface area contributed by atoms with Crippen LogP contribution in [-0.2, 0) is 4.74 Å². The van der Waals surface area contributed by atoms with E-state index in [1.165, 1.54) is 31.8 Å². The van der Waals surface area contributed by atoms with Gasteiger partial charge in [-0.3, -0.25) is 0 Å². The molecule has 0 N–H and O–H groups in total. The lowest BCUT2D eigenvalue weighted by atomic mass is 9.97. The molecule has 2 saturated carbocycles. The maximum atomic E-state index is 5.22. The highest BCUT2D eigenvalue weighted by molar-refractivity contribution is 5.18. The van der Waals surface area contributed by atoms with E-state index < -0.39 is 0 Å². The minimum atomic E-state index is 0.714. The van der Waals surface area contributed by atoms with E-state index in [0.717, 1.165) is 5.92 Å². The lowest BCUT2D eigenvalue weighted by molar-refractivity contribution is 0.231. The molecule has 1 heteroatoms.